The van der Waals surface area contributed by atoms with Crippen LogP contribution in [0.5, 0.6) is 0 Å². The number of alkyl halides is 1. The molecule has 0 saturated heterocycles. The Morgan fingerprint density at radius 2 is 2.24 bits per heavy atom. The van der Waals surface area contributed by atoms with E-state index in [1.807, 2.05) is 18.2 Å². The zero-order valence-corrected chi connectivity index (χ0v) is 10.8. The Labute approximate surface area is 105 Å². The minimum atomic E-state index is -0.426. The summed E-state index contributed by atoms with van der Waals surface area (Å²) in [7, 11) is 0. The van der Waals surface area contributed by atoms with E-state index in [2.05, 4.69) is 18.8 Å². The first-order valence-electron chi connectivity index (χ1n) is 5.87. The third kappa shape index (κ3) is 2.72. The molecule has 0 saturated carbocycles. The maximum Gasteiger partial charge on any atom is 0.417 e. The molecule has 2 aromatic rings. The number of nitrogens with one attached hydrogen (secondary N) is 1. The van der Waals surface area contributed by atoms with Crippen molar-refractivity contribution >= 4 is 22.7 Å². The van der Waals surface area contributed by atoms with Gasteiger partial charge in [-0.15, -0.1) is 11.6 Å². The monoisotopic (exact) mass is 253 g/mol. The molecule has 0 bridgehead atoms. The van der Waals surface area contributed by atoms with Crippen molar-refractivity contribution < 1.29 is 4.42 Å². The first-order valence-corrected chi connectivity index (χ1v) is 6.30. The summed E-state index contributed by atoms with van der Waals surface area (Å²) >= 11 is 6.36. The predicted molar refractivity (Wildman–Crippen MR) is 69.5 cm³/mol. The van der Waals surface area contributed by atoms with Gasteiger partial charge in [-0.05, 0) is 30.0 Å². The molecule has 0 fully saturated rings. The molecule has 2 unspecified atom stereocenters. The highest BCUT2D eigenvalue weighted by molar-refractivity contribution is 6.20. The molecule has 0 spiro atoms. The molecule has 0 aliphatic rings. The van der Waals surface area contributed by atoms with Crippen LogP contribution in [0.3, 0.4) is 0 Å². The number of benzene rings is 1. The molecule has 2 atom stereocenters. The molecule has 1 aromatic heterocycles. The number of halogens is 1. The van der Waals surface area contributed by atoms with Crippen LogP contribution in [0.25, 0.3) is 11.1 Å². The lowest BCUT2D eigenvalue weighted by atomic mass is 9.98. The van der Waals surface area contributed by atoms with Gasteiger partial charge >= 0.3 is 5.76 Å². The van der Waals surface area contributed by atoms with E-state index in [-0.39, 0.29) is 5.38 Å². The van der Waals surface area contributed by atoms with Crippen molar-refractivity contribution in [2.24, 2.45) is 5.92 Å². The summed E-state index contributed by atoms with van der Waals surface area (Å²) in [6, 6.07) is 5.61. The molecule has 0 radical (unpaired) electrons. The average Bonchev–Trinajstić information content (AvgIpc) is 2.67. The van der Waals surface area contributed by atoms with Crippen molar-refractivity contribution in [3.8, 4) is 0 Å². The lowest BCUT2D eigenvalue weighted by Gasteiger charge is -2.14. The van der Waals surface area contributed by atoms with Gasteiger partial charge in [0.15, 0.2) is 5.58 Å². The number of hydrogen-bond donors (Lipinski definition) is 1. The summed E-state index contributed by atoms with van der Waals surface area (Å²) < 4.78 is 5.02. The summed E-state index contributed by atoms with van der Waals surface area (Å²) in [6.45, 7) is 4.34. The molecule has 1 N–H and O–H groups in total. The molecule has 0 aliphatic carbocycles. The van der Waals surface area contributed by atoms with Gasteiger partial charge in [0.25, 0.3) is 0 Å². The van der Waals surface area contributed by atoms with E-state index in [1.165, 1.54) is 0 Å². The van der Waals surface area contributed by atoms with Crippen molar-refractivity contribution in [3.63, 3.8) is 0 Å². The van der Waals surface area contributed by atoms with Gasteiger partial charge in [0.05, 0.1) is 10.9 Å². The van der Waals surface area contributed by atoms with Crippen LogP contribution in [0.2, 0.25) is 0 Å². The van der Waals surface area contributed by atoms with Crippen LogP contribution in [-0.4, -0.2) is 4.98 Å². The van der Waals surface area contributed by atoms with Crippen LogP contribution in [-0.2, 0) is 0 Å². The van der Waals surface area contributed by atoms with E-state index in [1.54, 1.807) is 0 Å². The Balaban J connectivity index is 2.26. The van der Waals surface area contributed by atoms with Crippen molar-refractivity contribution in [3.05, 3.63) is 34.3 Å². The number of rotatable bonds is 4. The van der Waals surface area contributed by atoms with Crippen molar-refractivity contribution in [2.45, 2.75) is 32.1 Å². The van der Waals surface area contributed by atoms with Gasteiger partial charge in [-0.2, -0.15) is 0 Å². The minimum absolute atomic E-state index is 0.0328. The fraction of sp³-hybridized carbons (Fsp3) is 0.462. The van der Waals surface area contributed by atoms with Crippen LogP contribution in [0, 0.1) is 5.92 Å². The van der Waals surface area contributed by atoms with Gasteiger partial charge < -0.3 is 4.42 Å². The van der Waals surface area contributed by atoms with Gasteiger partial charge in [0.2, 0.25) is 0 Å². The summed E-state index contributed by atoms with van der Waals surface area (Å²) in [4.78, 5) is 13.7. The maximum absolute atomic E-state index is 11.0. The second kappa shape index (κ2) is 4.96. The first kappa shape index (κ1) is 12.2. The normalized spacial score (nSPS) is 15.0. The highest BCUT2D eigenvalue weighted by Crippen LogP contribution is 2.30. The zero-order chi connectivity index (χ0) is 12.4. The number of aromatic nitrogens is 1. The Hall–Kier alpha value is -1.22. The molecule has 4 heteroatoms. The molecular weight excluding hydrogens is 238 g/mol. The second-order valence-electron chi connectivity index (χ2n) is 4.49. The molecule has 0 amide bonds. The lowest BCUT2D eigenvalue weighted by molar-refractivity contribution is 0.507. The highest BCUT2D eigenvalue weighted by Gasteiger charge is 2.13. The van der Waals surface area contributed by atoms with E-state index < -0.39 is 5.76 Å². The van der Waals surface area contributed by atoms with Crippen LogP contribution in [0.15, 0.2) is 27.4 Å². The molecule has 2 rings (SSSR count). The third-order valence-corrected chi connectivity index (χ3v) is 3.54. The van der Waals surface area contributed by atoms with Crippen LogP contribution in [0.1, 0.15) is 37.6 Å². The van der Waals surface area contributed by atoms with Gasteiger partial charge in [-0.3, -0.25) is 4.98 Å². The molecule has 17 heavy (non-hydrogen) atoms. The molecule has 1 aromatic carbocycles. The second-order valence-corrected chi connectivity index (χ2v) is 5.01. The maximum atomic E-state index is 11.0. The number of hydrogen-bond acceptors (Lipinski definition) is 2. The van der Waals surface area contributed by atoms with Crippen molar-refractivity contribution in [1.82, 2.24) is 4.98 Å². The Kier molecular flexibility index (Phi) is 3.57. The lowest BCUT2D eigenvalue weighted by Crippen LogP contribution is -1.98. The van der Waals surface area contributed by atoms with E-state index in [0.717, 1.165) is 18.4 Å². The van der Waals surface area contributed by atoms with E-state index >= 15 is 0 Å². The zero-order valence-electron chi connectivity index (χ0n) is 10.00. The van der Waals surface area contributed by atoms with Crippen LogP contribution >= 0.6 is 11.6 Å². The number of fused-ring (bicyclic) bond motifs is 1. The number of H-pyrrole nitrogens is 1. The smallest absolute Gasteiger partial charge is 0.408 e. The average molecular weight is 254 g/mol. The highest BCUT2D eigenvalue weighted by atomic mass is 35.5. The Bertz CT molecular complexity index is 558. The van der Waals surface area contributed by atoms with Crippen LogP contribution < -0.4 is 5.76 Å². The molecular formula is C13H16ClNO2. The standard InChI is InChI=1S/C13H16ClNO2/c1-3-8(2)6-10(14)9-4-5-11-12(7-9)17-13(16)15-11/h4-5,7-8,10H,3,6H2,1-2H3,(H,15,16). The Morgan fingerprint density at radius 1 is 1.47 bits per heavy atom. The Morgan fingerprint density at radius 3 is 2.94 bits per heavy atom. The first-order chi connectivity index (χ1) is 8.10. The summed E-state index contributed by atoms with van der Waals surface area (Å²) in [6.07, 6.45) is 2.04. The van der Waals surface area contributed by atoms with Gasteiger partial charge in [0, 0.05) is 0 Å². The van der Waals surface area contributed by atoms with Gasteiger partial charge in [-0.1, -0.05) is 26.3 Å². The number of aromatic amines is 1. The van der Waals surface area contributed by atoms with Crippen LogP contribution in [0.4, 0.5) is 0 Å². The van der Waals surface area contributed by atoms with Crippen molar-refractivity contribution in [2.75, 3.05) is 0 Å². The largest absolute Gasteiger partial charge is 0.417 e. The summed E-state index contributed by atoms with van der Waals surface area (Å²) in [5.41, 5.74) is 2.29. The van der Waals surface area contributed by atoms with Crippen molar-refractivity contribution in [1.29, 1.82) is 0 Å². The quantitative estimate of drug-likeness (QED) is 0.842. The fourth-order valence-corrected chi connectivity index (χ4v) is 2.25. The van der Waals surface area contributed by atoms with Gasteiger partial charge in [-0.25, -0.2) is 4.79 Å². The summed E-state index contributed by atoms with van der Waals surface area (Å²) in [5, 5.41) is -0.0328. The molecule has 3 nitrogen and oxygen atoms in total. The van der Waals surface area contributed by atoms with Gasteiger partial charge in [0.1, 0.15) is 0 Å². The van der Waals surface area contributed by atoms with E-state index in [0.29, 0.717) is 17.0 Å². The topological polar surface area (TPSA) is 46.0 Å². The van der Waals surface area contributed by atoms with E-state index in [4.69, 9.17) is 16.0 Å². The molecule has 0 aliphatic heterocycles. The molecule has 92 valence electrons. The minimum Gasteiger partial charge on any atom is -0.408 e. The fourth-order valence-electron chi connectivity index (χ4n) is 1.81. The van der Waals surface area contributed by atoms with E-state index in [9.17, 15) is 4.79 Å². The SMILES string of the molecule is CCC(C)CC(Cl)c1ccc2[nH]c(=O)oc2c1. The third-order valence-electron chi connectivity index (χ3n) is 3.11. The predicted octanol–water partition coefficient (Wildman–Crippen LogP) is 3.84. The molecule has 1 heterocycles. The number of oxazole rings is 1. The summed E-state index contributed by atoms with van der Waals surface area (Å²) in [5.74, 6) is 0.164.